The van der Waals surface area contributed by atoms with Gasteiger partial charge < -0.3 is 5.32 Å². The lowest BCUT2D eigenvalue weighted by molar-refractivity contribution is -0.174. The van der Waals surface area contributed by atoms with E-state index in [1.54, 1.807) is 0 Å². The van der Waals surface area contributed by atoms with E-state index in [9.17, 15) is 18.0 Å². The molecule has 0 spiro atoms. The third kappa shape index (κ3) is 3.85. The molecule has 1 N–H and O–H groups in total. The van der Waals surface area contributed by atoms with E-state index in [2.05, 4.69) is 5.32 Å². The quantitative estimate of drug-likeness (QED) is 0.881. The van der Waals surface area contributed by atoms with Gasteiger partial charge in [0, 0.05) is 0 Å². The van der Waals surface area contributed by atoms with E-state index in [0.29, 0.717) is 6.42 Å². The molecule has 1 fully saturated rings. The zero-order valence-corrected chi connectivity index (χ0v) is 10.9. The first-order valence-electron chi connectivity index (χ1n) is 6.60. The molecule has 0 bridgehead atoms. The molecule has 1 aromatic carbocycles. The van der Waals surface area contributed by atoms with Crippen LogP contribution in [0.4, 0.5) is 13.2 Å². The molecule has 1 aliphatic rings. The van der Waals surface area contributed by atoms with Crippen LogP contribution in [0.1, 0.15) is 31.2 Å². The van der Waals surface area contributed by atoms with Crippen molar-refractivity contribution in [1.82, 2.24) is 5.32 Å². The first-order valence-corrected chi connectivity index (χ1v) is 6.60. The number of hydrogen-bond acceptors (Lipinski definition) is 1. The van der Waals surface area contributed by atoms with Gasteiger partial charge in [-0.25, -0.2) is 0 Å². The fourth-order valence-corrected chi connectivity index (χ4v) is 2.38. The Morgan fingerprint density at radius 2 is 1.90 bits per heavy atom. The second kappa shape index (κ2) is 6.11. The number of amides is 1. The zero-order valence-electron chi connectivity index (χ0n) is 10.9. The van der Waals surface area contributed by atoms with Crippen molar-refractivity contribution in [3.05, 3.63) is 41.5 Å². The highest BCUT2D eigenvalue weighted by molar-refractivity contribution is 5.82. The summed E-state index contributed by atoms with van der Waals surface area (Å²) in [5.41, 5.74) is 1.80. The average Bonchev–Trinajstić information content (AvgIpc) is 2.41. The number of nitrogens with one attached hydrogen (secondary N) is 1. The van der Waals surface area contributed by atoms with Gasteiger partial charge >= 0.3 is 12.1 Å². The van der Waals surface area contributed by atoms with Crippen molar-refractivity contribution in [2.45, 2.75) is 37.9 Å². The van der Waals surface area contributed by atoms with E-state index >= 15 is 0 Å². The number of alkyl halides is 3. The Labute approximate surface area is 115 Å². The third-order valence-electron chi connectivity index (χ3n) is 3.37. The van der Waals surface area contributed by atoms with Crippen LogP contribution in [-0.2, 0) is 4.79 Å². The van der Waals surface area contributed by atoms with Crippen LogP contribution < -0.4 is 5.32 Å². The van der Waals surface area contributed by atoms with Crippen LogP contribution in [0.25, 0.3) is 6.08 Å². The Kier molecular flexibility index (Phi) is 4.47. The van der Waals surface area contributed by atoms with Crippen molar-refractivity contribution >= 4 is 12.0 Å². The molecule has 1 amide bonds. The molecule has 20 heavy (non-hydrogen) atoms. The van der Waals surface area contributed by atoms with Crippen molar-refractivity contribution in [2.75, 3.05) is 0 Å². The maximum absolute atomic E-state index is 12.3. The fraction of sp³-hybridized carbons (Fsp3) is 0.400. The molecule has 2 rings (SSSR count). The van der Waals surface area contributed by atoms with E-state index < -0.39 is 18.1 Å². The van der Waals surface area contributed by atoms with Crippen molar-refractivity contribution in [1.29, 1.82) is 0 Å². The number of carbonyl (C=O) groups is 1. The van der Waals surface area contributed by atoms with E-state index in [4.69, 9.17) is 0 Å². The molecule has 0 aromatic heterocycles. The molecule has 1 aliphatic carbocycles. The van der Waals surface area contributed by atoms with Gasteiger partial charge in [0.15, 0.2) is 0 Å². The van der Waals surface area contributed by atoms with Gasteiger partial charge in [-0.1, -0.05) is 42.8 Å². The van der Waals surface area contributed by atoms with Gasteiger partial charge in [-0.15, -0.1) is 0 Å². The summed E-state index contributed by atoms with van der Waals surface area (Å²) < 4.78 is 37.0. The lowest BCUT2D eigenvalue weighted by Gasteiger charge is -2.27. The third-order valence-corrected chi connectivity index (χ3v) is 3.37. The average molecular weight is 283 g/mol. The molecule has 0 aliphatic heterocycles. The fourth-order valence-electron chi connectivity index (χ4n) is 2.38. The Morgan fingerprint density at radius 3 is 2.55 bits per heavy atom. The summed E-state index contributed by atoms with van der Waals surface area (Å²) in [5.74, 6) is -1.86. The summed E-state index contributed by atoms with van der Waals surface area (Å²) in [5, 5.41) is 2.10. The van der Waals surface area contributed by atoms with Crippen molar-refractivity contribution in [3.8, 4) is 0 Å². The van der Waals surface area contributed by atoms with Gasteiger partial charge in [0.1, 0.15) is 0 Å². The molecule has 0 saturated heterocycles. The van der Waals surface area contributed by atoms with Gasteiger partial charge in [-0.3, -0.25) is 4.79 Å². The smallest absolute Gasteiger partial charge is 0.342 e. The number of benzene rings is 1. The summed E-state index contributed by atoms with van der Waals surface area (Å²) in [7, 11) is 0. The van der Waals surface area contributed by atoms with E-state index in [1.165, 1.54) is 0 Å². The zero-order chi connectivity index (χ0) is 14.6. The van der Waals surface area contributed by atoms with Crippen LogP contribution in [-0.4, -0.2) is 18.1 Å². The predicted molar refractivity (Wildman–Crippen MR) is 70.9 cm³/mol. The lowest BCUT2D eigenvalue weighted by Crippen LogP contribution is -2.44. The van der Waals surface area contributed by atoms with Crippen LogP contribution in [0.2, 0.25) is 0 Å². The van der Waals surface area contributed by atoms with Crippen LogP contribution >= 0.6 is 0 Å². The number of hydrogen-bond donors (Lipinski definition) is 1. The second-order valence-electron chi connectivity index (χ2n) is 4.90. The Morgan fingerprint density at radius 1 is 1.20 bits per heavy atom. The van der Waals surface area contributed by atoms with E-state index in [-0.39, 0.29) is 0 Å². The van der Waals surface area contributed by atoms with Gasteiger partial charge in [0.2, 0.25) is 0 Å². The highest BCUT2D eigenvalue weighted by Crippen LogP contribution is 2.27. The van der Waals surface area contributed by atoms with Crippen LogP contribution in [0.3, 0.4) is 0 Å². The van der Waals surface area contributed by atoms with E-state index in [0.717, 1.165) is 30.4 Å². The molecule has 2 nitrogen and oxygen atoms in total. The molecular weight excluding hydrogens is 267 g/mol. The predicted octanol–water partition coefficient (Wildman–Crippen LogP) is 3.69. The Bertz CT molecular complexity index is 494. The van der Waals surface area contributed by atoms with Crippen LogP contribution in [0.15, 0.2) is 35.9 Å². The minimum atomic E-state index is -4.82. The second-order valence-corrected chi connectivity index (χ2v) is 4.90. The first kappa shape index (κ1) is 14.6. The highest BCUT2D eigenvalue weighted by Gasteiger charge is 2.40. The molecular formula is C15H16F3NO. The first-order chi connectivity index (χ1) is 9.47. The van der Waals surface area contributed by atoms with Gasteiger partial charge in [-0.05, 0) is 30.4 Å². The minimum absolute atomic E-state index is 0.516. The van der Waals surface area contributed by atoms with Crippen molar-refractivity contribution < 1.29 is 18.0 Å². The number of carbonyl (C=O) groups excluding carboxylic acids is 1. The number of rotatable bonds is 2. The molecule has 108 valence electrons. The molecule has 0 heterocycles. The maximum Gasteiger partial charge on any atom is 0.471 e. The largest absolute Gasteiger partial charge is 0.471 e. The van der Waals surface area contributed by atoms with Gasteiger partial charge in [0.05, 0.1) is 6.04 Å². The summed E-state index contributed by atoms with van der Waals surface area (Å²) in [4.78, 5) is 11.1. The topological polar surface area (TPSA) is 29.1 Å². The van der Waals surface area contributed by atoms with E-state index in [1.807, 2.05) is 36.4 Å². The van der Waals surface area contributed by atoms with Crippen LogP contribution in [0, 0.1) is 0 Å². The van der Waals surface area contributed by atoms with Crippen molar-refractivity contribution in [2.24, 2.45) is 0 Å². The monoisotopic (exact) mass is 283 g/mol. The molecule has 1 atom stereocenters. The summed E-state index contributed by atoms with van der Waals surface area (Å²) >= 11 is 0. The highest BCUT2D eigenvalue weighted by atomic mass is 19.4. The molecule has 1 aromatic rings. The SMILES string of the molecule is O=C(NC1CCCC/C1=C/c1ccccc1)C(F)(F)F. The summed E-state index contributed by atoms with van der Waals surface area (Å²) in [6, 6.07) is 8.90. The standard InChI is InChI=1S/C15H16F3NO/c16-15(17,18)14(20)19-13-9-5-4-8-12(13)10-11-6-2-1-3-7-11/h1-3,6-7,10,13H,4-5,8-9H2,(H,19,20)/b12-10-. The molecule has 5 heteroatoms. The molecule has 1 unspecified atom stereocenters. The maximum atomic E-state index is 12.3. The molecule has 0 radical (unpaired) electrons. The lowest BCUT2D eigenvalue weighted by atomic mass is 9.88. The minimum Gasteiger partial charge on any atom is -0.342 e. The summed E-state index contributed by atoms with van der Waals surface area (Å²) in [6.07, 6.45) is 0.0972. The normalized spacial score (nSPS) is 21.8. The van der Waals surface area contributed by atoms with Crippen molar-refractivity contribution in [3.63, 3.8) is 0 Å². The van der Waals surface area contributed by atoms with Gasteiger partial charge in [0.25, 0.3) is 0 Å². The number of halogens is 3. The Hall–Kier alpha value is -1.78. The summed E-state index contributed by atoms with van der Waals surface area (Å²) in [6.45, 7) is 0. The molecule has 1 saturated carbocycles. The van der Waals surface area contributed by atoms with Gasteiger partial charge in [-0.2, -0.15) is 13.2 Å². The van der Waals surface area contributed by atoms with Crippen LogP contribution in [0.5, 0.6) is 0 Å². The Balaban J connectivity index is 2.14.